The third-order valence-electron chi connectivity index (χ3n) is 1.88. The SMILES string of the molecule is CC(C)NC(=O)Cc1c(O)cccc1Cl. The Bertz CT molecular complexity index is 343. The van der Waals surface area contributed by atoms with Gasteiger partial charge >= 0.3 is 0 Å². The average molecular weight is 228 g/mol. The molecule has 1 aromatic rings. The number of halogens is 1. The quantitative estimate of drug-likeness (QED) is 0.831. The van der Waals surface area contributed by atoms with Crippen molar-refractivity contribution in [3.63, 3.8) is 0 Å². The van der Waals surface area contributed by atoms with Crippen LogP contribution >= 0.6 is 11.6 Å². The molecule has 2 N–H and O–H groups in total. The van der Waals surface area contributed by atoms with E-state index < -0.39 is 0 Å². The maximum Gasteiger partial charge on any atom is 0.224 e. The molecule has 3 nitrogen and oxygen atoms in total. The third kappa shape index (κ3) is 3.44. The van der Waals surface area contributed by atoms with Gasteiger partial charge in [-0.15, -0.1) is 0 Å². The second-order valence-corrected chi connectivity index (χ2v) is 4.04. The van der Waals surface area contributed by atoms with Gasteiger partial charge in [0.1, 0.15) is 5.75 Å². The summed E-state index contributed by atoms with van der Waals surface area (Å²) in [4.78, 5) is 11.4. The summed E-state index contributed by atoms with van der Waals surface area (Å²) < 4.78 is 0. The largest absolute Gasteiger partial charge is 0.508 e. The molecule has 0 atom stereocenters. The molecule has 0 aliphatic rings. The minimum Gasteiger partial charge on any atom is -0.508 e. The highest BCUT2D eigenvalue weighted by Crippen LogP contribution is 2.25. The molecule has 0 unspecified atom stereocenters. The van der Waals surface area contributed by atoms with Gasteiger partial charge in [0.15, 0.2) is 0 Å². The summed E-state index contributed by atoms with van der Waals surface area (Å²) in [7, 11) is 0. The molecule has 0 bridgehead atoms. The van der Waals surface area contributed by atoms with Crippen LogP contribution in [0, 0.1) is 0 Å². The highest BCUT2D eigenvalue weighted by atomic mass is 35.5. The summed E-state index contributed by atoms with van der Waals surface area (Å²) in [5.41, 5.74) is 0.470. The summed E-state index contributed by atoms with van der Waals surface area (Å²) in [6.45, 7) is 3.76. The summed E-state index contributed by atoms with van der Waals surface area (Å²) in [6.07, 6.45) is 0.101. The van der Waals surface area contributed by atoms with Crippen LogP contribution in [-0.4, -0.2) is 17.1 Å². The molecule has 0 heterocycles. The smallest absolute Gasteiger partial charge is 0.224 e. The number of carbonyl (C=O) groups is 1. The highest BCUT2D eigenvalue weighted by molar-refractivity contribution is 6.31. The van der Waals surface area contributed by atoms with E-state index in [2.05, 4.69) is 5.32 Å². The maximum absolute atomic E-state index is 11.4. The molecule has 0 saturated heterocycles. The van der Waals surface area contributed by atoms with Crippen molar-refractivity contribution in [1.29, 1.82) is 0 Å². The molecule has 15 heavy (non-hydrogen) atoms. The minimum absolute atomic E-state index is 0.0569. The molecule has 0 aromatic heterocycles. The van der Waals surface area contributed by atoms with E-state index in [0.29, 0.717) is 10.6 Å². The number of phenols is 1. The Balaban J connectivity index is 2.76. The van der Waals surface area contributed by atoms with Crippen LogP contribution in [0.25, 0.3) is 0 Å². The van der Waals surface area contributed by atoms with E-state index in [1.807, 2.05) is 13.8 Å². The van der Waals surface area contributed by atoms with E-state index in [-0.39, 0.29) is 24.1 Å². The van der Waals surface area contributed by atoms with Gasteiger partial charge in [0.25, 0.3) is 0 Å². The lowest BCUT2D eigenvalue weighted by atomic mass is 10.1. The fourth-order valence-electron chi connectivity index (χ4n) is 1.26. The van der Waals surface area contributed by atoms with Gasteiger partial charge < -0.3 is 10.4 Å². The molecule has 0 fully saturated rings. The Morgan fingerprint density at radius 1 is 1.53 bits per heavy atom. The topological polar surface area (TPSA) is 49.3 Å². The zero-order valence-corrected chi connectivity index (χ0v) is 9.51. The monoisotopic (exact) mass is 227 g/mol. The molecule has 1 aromatic carbocycles. The predicted molar refractivity (Wildman–Crippen MR) is 60.1 cm³/mol. The molecule has 0 saturated carbocycles. The standard InChI is InChI=1S/C11H14ClNO2/c1-7(2)13-11(15)6-8-9(12)4-3-5-10(8)14/h3-5,7,14H,6H2,1-2H3,(H,13,15). The maximum atomic E-state index is 11.4. The number of nitrogens with one attached hydrogen (secondary N) is 1. The first-order chi connectivity index (χ1) is 7.00. The second-order valence-electron chi connectivity index (χ2n) is 3.64. The fraction of sp³-hybridized carbons (Fsp3) is 0.364. The predicted octanol–water partition coefficient (Wildman–Crippen LogP) is 2.11. The van der Waals surface area contributed by atoms with E-state index in [9.17, 15) is 9.90 Å². The lowest BCUT2D eigenvalue weighted by Crippen LogP contribution is -2.31. The Labute approximate surface area is 94.1 Å². The molecule has 0 aliphatic carbocycles. The van der Waals surface area contributed by atoms with Crippen molar-refractivity contribution in [2.24, 2.45) is 0 Å². The van der Waals surface area contributed by atoms with Gasteiger partial charge in [0.05, 0.1) is 6.42 Å². The van der Waals surface area contributed by atoms with Crippen LogP contribution in [0.5, 0.6) is 5.75 Å². The number of rotatable bonds is 3. The zero-order chi connectivity index (χ0) is 11.4. The lowest BCUT2D eigenvalue weighted by Gasteiger charge is -2.10. The van der Waals surface area contributed by atoms with E-state index in [0.717, 1.165) is 0 Å². The number of hydrogen-bond donors (Lipinski definition) is 2. The number of hydrogen-bond acceptors (Lipinski definition) is 2. The van der Waals surface area contributed by atoms with Gasteiger partial charge in [-0.25, -0.2) is 0 Å². The van der Waals surface area contributed by atoms with Gasteiger partial charge in [0, 0.05) is 16.6 Å². The van der Waals surface area contributed by atoms with Crippen LogP contribution in [0.4, 0.5) is 0 Å². The number of amides is 1. The van der Waals surface area contributed by atoms with Crippen molar-refractivity contribution in [3.05, 3.63) is 28.8 Å². The van der Waals surface area contributed by atoms with Crippen LogP contribution in [0.2, 0.25) is 5.02 Å². The van der Waals surface area contributed by atoms with Crippen LogP contribution in [0.1, 0.15) is 19.4 Å². The first-order valence-corrected chi connectivity index (χ1v) is 5.14. The van der Waals surface area contributed by atoms with E-state index in [4.69, 9.17) is 11.6 Å². The Hall–Kier alpha value is -1.22. The summed E-state index contributed by atoms with van der Waals surface area (Å²) in [5, 5.41) is 12.7. The second kappa shape index (κ2) is 5.03. The molecule has 0 spiro atoms. The Morgan fingerprint density at radius 3 is 2.73 bits per heavy atom. The van der Waals surface area contributed by atoms with Gasteiger partial charge in [-0.3, -0.25) is 4.79 Å². The van der Waals surface area contributed by atoms with Gasteiger partial charge in [-0.2, -0.15) is 0 Å². The van der Waals surface area contributed by atoms with Crippen molar-refractivity contribution in [2.45, 2.75) is 26.3 Å². The molecule has 82 valence electrons. The lowest BCUT2D eigenvalue weighted by molar-refractivity contribution is -0.120. The van der Waals surface area contributed by atoms with Crippen LogP contribution in [0.15, 0.2) is 18.2 Å². The molecule has 1 amide bonds. The zero-order valence-electron chi connectivity index (χ0n) is 8.75. The first-order valence-electron chi connectivity index (χ1n) is 4.76. The Morgan fingerprint density at radius 2 is 2.20 bits per heavy atom. The van der Waals surface area contributed by atoms with Crippen molar-refractivity contribution < 1.29 is 9.90 Å². The highest BCUT2D eigenvalue weighted by Gasteiger charge is 2.11. The molecule has 0 radical (unpaired) electrons. The number of phenolic OH excluding ortho intramolecular Hbond substituents is 1. The van der Waals surface area contributed by atoms with Crippen molar-refractivity contribution in [1.82, 2.24) is 5.32 Å². The normalized spacial score (nSPS) is 10.4. The molecular formula is C11H14ClNO2. The Kier molecular flexibility index (Phi) is 3.97. The van der Waals surface area contributed by atoms with Gasteiger partial charge in [0.2, 0.25) is 5.91 Å². The molecule has 4 heteroatoms. The minimum atomic E-state index is -0.145. The van der Waals surface area contributed by atoms with Crippen molar-refractivity contribution >= 4 is 17.5 Å². The first kappa shape index (κ1) is 11.9. The van der Waals surface area contributed by atoms with Crippen molar-refractivity contribution in [2.75, 3.05) is 0 Å². The fourth-order valence-corrected chi connectivity index (χ4v) is 1.49. The van der Waals surface area contributed by atoms with E-state index >= 15 is 0 Å². The molecule has 1 rings (SSSR count). The van der Waals surface area contributed by atoms with Gasteiger partial charge in [-0.05, 0) is 26.0 Å². The van der Waals surface area contributed by atoms with Crippen LogP contribution in [0.3, 0.4) is 0 Å². The molecular weight excluding hydrogens is 214 g/mol. The third-order valence-corrected chi connectivity index (χ3v) is 2.24. The van der Waals surface area contributed by atoms with Gasteiger partial charge in [-0.1, -0.05) is 17.7 Å². The van der Waals surface area contributed by atoms with Crippen LogP contribution < -0.4 is 5.32 Å². The number of aromatic hydroxyl groups is 1. The van der Waals surface area contributed by atoms with E-state index in [1.165, 1.54) is 6.07 Å². The number of carbonyl (C=O) groups excluding carboxylic acids is 1. The van der Waals surface area contributed by atoms with Crippen molar-refractivity contribution in [3.8, 4) is 5.75 Å². The average Bonchev–Trinajstić information content (AvgIpc) is 2.10. The summed E-state index contributed by atoms with van der Waals surface area (Å²) in [5.74, 6) is -0.0881. The molecule has 0 aliphatic heterocycles. The summed E-state index contributed by atoms with van der Waals surface area (Å²) in [6, 6.07) is 4.90. The summed E-state index contributed by atoms with van der Waals surface area (Å²) >= 11 is 5.87. The number of benzene rings is 1. The van der Waals surface area contributed by atoms with Crippen LogP contribution in [-0.2, 0) is 11.2 Å². The van der Waals surface area contributed by atoms with E-state index in [1.54, 1.807) is 12.1 Å².